The van der Waals surface area contributed by atoms with Crippen molar-refractivity contribution in [3.05, 3.63) is 35.2 Å². The summed E-state index contributed by atoms with van der Waals surface area (Å²) in [4.78, 5) is 12.3. The fraction of sp³-hybridized carbons (Fsp3) is 0.368. The van der Waals surface area contributed by atoms with Gasteiger partial charge in [0.05, 0.1) is 19.8 Å². The van der Waals surface area contributed by atoms with Gasteiger partial charge in [0.25, 0.3) is 0 Å². The number of nitrogens with zero attached hydrogens (tertiary/aromatic N) is 3. The number of rotatable bonds is 6. The van der Waals surface area contributed by atoms with Crippen molar-refractivity contribution >= 4 is 39.7 Å². The molecule has 0 amide bonds. The molecule has 2 aromatic heterocycles. The van der Waals surface area contributed by atoms with Crippen molar-refractivity contribution in [3.63, 3.8) is 0 Å². The zero-order chi connectivity index (χ0) is 17.8. The molecule has 0 unspecified atom stereocenters. The number of hydrogen-bond acceptors (Lipinski definition) is 7. The average Bonchev–Trinajstić information content (AvgIpc) is 3.31. The Balaban J connectivity index is 1.47. The lowest BCUT2D eigenvalue weighted by molar-refractivity contribution is 0.122. The van der Waals surface area contributed by atoms with E-state index in [2.05, 4.69) is 21.8 Å². The van der Waals surface area contributed by atoms with Crippen LogP contribution in [0.1, 0.15) is 24.1 Å². The predicted octanol–water partition coefficient (Wildman–Crippen LogP) is 4.08. The van der Waals surface area contributed by atoms with Crippen molar-refractivity contribution in [2.24, 2.45) is 0 Å². The molecule has 6 nitrogen and oxygen atoms in total. The van der Waals surface area contributed by atoms with Gasteiger partial charge in [-0.3, -0.25) is 0 Å². The molecule has 3 heterocycles. The average molecular weight is 371 g/mol. The Kier molecular flexibility index (Phi) is 5.17. The first kappa shape index (κ1) is 17.1. The maximum Gasteiger partial charge on any atom is 0.220 e. The van der Waals surface area contributed by atoms with E-state index in [4.69, 9.17) is 13.9 Å². The molecule has 136 valence electrons. The topological polar surface area (TPSA) is 60.6 Å². The van der Waals surface area contributed by atoms with E-state index < -0.39 is 0 Å². The van der Waals surface area contributed by atoms with Crippen LogP contribution in [-0.2, 0) is 4.74 Å². The highest BCUT2D eigenvalue weighted by Crippen LogP contribution is 2.26. The number of hydrogen-bond donors (Lipinski definition) is 0. The zero-order valence-electron chi connectivity index (χ0n) is 14.7. The van der Waals surface area contributed by atoms with E-state index in [0.29, 0.717) is 12.5 Å². The summed E-state index contributed by atoms with van der Waals surface area (Å²) in [6, 6.07) is 5.73. The normalized spacial score (nSPS) is 15.2. The number of ether oxygens (including phenoxy) is 2. The van der Waals surface area contributed by atoms with Crippen LogP contribution in [0.5, 0.6) is 5.75 Å². The molecule has 26 heavy (non-hydrogen) atoms. The van der Waals surface area contributed by atoms with E-state index in [1.165, 1.54) is 0 Å². The highest BCUT2D eigenvalue weighted by Gasteiger charge is 2.14. The third-order valence-corrected chi connectivity index (χ3v) is 5.06. The summed E-state index contributed by atoms with van der Waals surface area (Å²) < 4.78 is 16.8. The molecule has 1 aromatic carbocycles. The van der Waals surface area contributed by atoms with Gasteiger partial charge in [-0.2, -0.15) is 0 Å². The predicted molar refractivity (Wildman–Crippen MR) is 104 cm³/mol. The minimum absolute atomic E-state index is 0.578. The molecule has 1 fully saturated rings. The van der Waals surface area contributed by atoms with Gasteiger partial charge < -0.3 is 18.8 Å². The summed E-state index contributed by atoms with van der Waals surface area (Å²) in [5.74, 6) is 1.39. The number of morpholine rings is 1. The fourth-order valence-corrected chi connectivity index (χ4v) is 3.58. The van der Waals surface area contributed by atoms with Crippen molar-refractivity contribution in [1.29, 1.82) is 0 Å². The number of thiazole rings is 1. The molecule has 0 radical (unpaired) electrons. The fourth-order valence-electron chi connectivity index (χ4n) is 2.71. The van der Waals surface area contributed by atoms with Crippen molar-refractivity contribution in [1.82, 2.24) is 9.97 Å². The Labute approximate surface area is 156 Å². The van der Waals surface area contributed by atoms with E-state index in [9.17, 15) is 0 Å². The summed E-state index contributed by atoms with van der Waals surface area (Å²) in [5.41, 5.74) is 1.56. The minimum Gasteiger partial charge on any atom is -0.493 e. The van der Waals surface area contributed by atoms with Gasteiger partial charge in [0.15, 0.2) is 10.7 Å². The molecule has 0 saturated carbocycles. The number of benzene rings is 1. The maximum absolute atomic E-state index is 5.81. The molecular weight excluding hydrogens is 350 g/mol. The standard InChI is InChI=1S/C19H21N3O3S/c1-2-9-24-14-3-5-16-17(12-14)25-18(21-16)6-4-15-13-20-19(26-15)22-7-10-23-11-8-22/h3-6,12-13H,2,7-11H2,1H3/b6-4+. The highest BCUT2D eigenvalue weighted by molar-refractivity contribution is 7.16. The lowest BCUT2D eigenvalue weighted by Gasteiger charge is -2.25. The summed E-state index contributed by atoms with van der Waals surface area (Å²) in [6.07, 6.45) is 6.72. The van der Waals surface area contributed by atoms with Crippen LogP contribution < -0.4 is 9.64 Å². The first-order chi connectivity index (χ1) is 12.8. The molecule has 0 atom stereocenters. The molecule has 0 bridgehead atoms. The maximum atomic E-state index is 5.81. The number of aromatic nitrogens is 2. The van der Waals surface area contributed by atoms with Crippen molar-refractivity contribution in [2.75, 3.05) is 37.8 Å². The van der Waals surface area contributed by atoms with E-state index in [0.717, 1.165) is 59.6 Å². The molecule has 0 N–H and O–H groups in total. The quantitative estimate of drug-likeness (QED) is 0.651. The van der Waals surface area contributed by atoms with Gasteiger partial charge in [-0.15, -0.1) is 0 Å². The number of oxazole rings is 1. The van der Waals surface area contributed by atoms with Gasteiger partial charge in [-0.25, -0.2) is 9.97 Å². The molecule has 0 spiro atoms. The lowest BCUT2D eigenvalue weighted by atomic mass is 10.3. The molecule has 3 aromatic rings. The van der Waals surface area contributed by atoms with E-state index >= 15 is 0 Å². The second-order valence-electron chi connectivity index (χ2n) is 6.01. The summed E-state index contributed by atoms with van der Waals surface area (Å²) >= 11 is 1.66. The van der Waals surface area contributed by atoms with Gasteiger partial charge in [0, 0.05) is 36.3 Å². The van der Waals surface area contributed by atoms with E-state index in [1.807, 2.05) is 36.5 Å². The van der Waals surface area contributed by atoms with Crippen molar-refractivity contribution in [3.8, 4) is 5.75 Å². The van der Waals surface area contributed by atoms with Gasteiger partial charge >= 0.3 is 0 Å². The van der Waals surface area contributed by atoms with Crippen LogP contribution in [0.3, 0.4) is 0 Å². The summed E-state index contributed by atoms with van der Waals surface area (Å²) in [7, 11) is 0. The van der Waals surface area contributed by atoms with Gasteiger partial charge in [-0.1, -0.05) is 18.3 Å². The Hall–Kier alpha value is -2.38. The SMILES string of the molecule is CCCOc1ccc2nc(/C=C/c3cnc(N4CCOCC4)s3)oc2c1. The van der Waals surface area contributed by atoms with Crippen LogP contribution in [0, 0.1) is 0 Å². The third kappa shape index (κ3) is 3.89. The third-order valence-electron chi connectivity index (χ3n) is 4.03. The molecular formula is C19H21N3O3S. The lowest BCUT2D eigenvalue weighted by Crippen LogP contribution is -2.36. The number of fused-ring (bicyclic) bond motifs is 1. The Morgan fingerprint density at radius 3 is 3.00 bits per heavy atom. The van der Waals surface area contributed by atoms with Gasteiger partial charge in [0.1, 0.15) is 11.3 Å². The smallest absolute Gasteiger partial charge is 0.220 e. The van der Waals surface area contributed by atoms with Crippen LogP contribution in [-0.4, -0.2) is 42.9 Å². The monoisotopic (exact) mass is 371 g/mol. The van der Waals surface area contributed by atoms with E-state index in [-0.39, 0.29) is 0 Å². The summed E-state index contributed by atoms with van der Waals surface area (Å²) in [6.45, 7) is 6.09. The Morgan fingerprint density at radius 2 is 2.15 bits per heavy atom. The molecule has 1 saturated heterocycles. The molecule has 1 aliphatic heterocycles. The largest absolute Gasteiger partial charge is 0.493 e. The van der Waals surface area contributed by atoms with E-state index in [1.54, 1.807) is 11.3 Å². The number of anilines is 1. The van der Waals surface area contributed by atoms with Gasteiger partial charge in [-0.05, 0) is 24.6 Å². The second kappa shape index (κ2) is 7.88. The molecule has 4 rings (SSSR count). The van der Waals surface area contributed by atoms with Crippen LogP contribution in [0.4, 0.5) is 5.13 Å². The zero-order valence-corrected chi connectivity index (χ0v) is 15.5. The first-order valence-electron chi connectivity index (χ1n) is 8.82. The Morgan fingerprint density at radius 1 is 1.27 bits per heavy atom. The van der Waals surface area contributed by atoms with Crippen LogP contribution in [0.2, 0.25) is 0 Å². The van der Waals surface area contributed by atoms with Crippen LogP contribution in [0.25, 0.3) is 23.3 Å². The Bertz CT molecular complexity index is 896. The first-order valence-corrected chi connectivity index (χ1v) is 9.63. The van der Waals surface area contributed by atoms with Crippen LogP contribution in [0.15, 0.2) is 28.8 Å². The van der Waals surface area contributed by atoms with Crippen LogP contribution >= 0.6 is 11.3 Å². The molecule has 0 aliphatic carbocycles. The molecule has 1 aliphatic rings. The highest BCUT2D eigenvalue weighted by atomic mass is 32.1. The van der Waals surface area contributed by atoms with Crippen molar-refractivity contribution in [2.45, 2.75) is 13.3 Å². The summed E-state index contributed by atoms with van der Waals surface area (Å²) in [5, 5.41) is 1.03. The van der Waals surface area contributed by atoms with Crippen molar-refractivity contribution < 1.29 is 13.9 Å². The second-order valence-corrected chi connectivity index (χ2v) is 7.05. The molecule has 7 heteroatoms. The minimum atomic E-state index is 0.578. The van der Waals surface area contributed by atoms with Gasteiger partial charge in [0.2, 0.25) is 5.89 Å².